The topological polar surface area (TPSA) is 50.2 Å². The van der Waals surface area contributed by atoms with Crippen LogP contribution in [0, 0.1) is 5.41 Å². The summed E-state index contributed by atoms with van der Waals surface area (Å²) in [6, 6.07) is 2.44. The number of hydrogen-bond donors (Lipinski definition) is 1. The summed E-state index contributed by atoms with van der Waals surface area (Å²) in [5.74, 6) is 0. The first-order chi connectivity index (χ1) is 11.4. The van der Waals surface area contributed by atoms with Crippen LogP contribution in [0.2, 0.25) is 0 Å². The van der Waals surface area contributed by atoms with Crippen LogP contribution in [0.15, 0.2) is 35.5 Å². The molecule has 2 amide bonds. The smallest absolute Gasteiger partial charge is 0.318 e. The van der Waals surface area contributed by atoms with Crippen LogP contribution in [0.1, 0.15) is 45.2 Å². The molecular weight excluding hydrogens is 320 g/mol. The Bertz CT molecular complexity index is 645. The number of rotatable bonds is 4. The minimum absolute atomic E-state index is 0.0302. The molecule has 1 aliphatic rings. The normalized spacial score (nSPS) is 19.5. The number of amides is 2. The van der Waals surface area contributed by atoms with Crippen LogP contribution in [-0.2, 0) is 6.54 Å². The van der Waals surface area contributed by atoms with Crippen molar-refractivity contribution in [2.75, 3.05) is 6.54 Å². The highest BCUT2D eigenvalue weighted by Crippen LogP contribution is 2.33. The Morgan fingerprint density at radius 1 is 1.50 bits per heavy atom. The van der Waals surface area contributed by atoms with Crippen molar-refractivity contribution in [1.29, 1.82) is 0 Å². The third-order valence-electron chi connectivity index (χ3n) is 4.74. The highest BCUT2D eigenvalue weighted by atomic mass is 32.1. The summed E-state index contributed by atoms with van der Waals surface area (Å²) in [6.07, 6.45) is 7.62. The van der Waals surface area contributed by atoms with Crippen LogP contribution >= 0.6 is 11.3 Å². The molecule has 2 atom stereocenters. The minimum atomic E-state index is -0.0302. The van der Waals surface area contributed by atoms with Crippen LogP contribution in [0.4, 0.5) is 4.79 Å². The lowest BCUT2D eigenvalue weighted by atomic mass is 9.86. The number of carbonyl (C=O) groups is 1. The lowest BCUT2D eigenvalue weighted by Gasteiger charge is -2.34. The molecule has 0 bridgehead atoms. The van der Waals surface area contributed by atoms with E-state index >= 15 is 0 Å². The van der Waals surface area contributed by atoms with Gasteiger partial charge < -0.3 is 14.8 Å². The highest BCUT2D eigenvalue weighted by Gasteiger charge is 2.33. The van der Waals surface area contributed by atoms with Crippen molar-refractivity contribution < 1.29 is 4.79 Å². The second-order valence-electron chi connectivity index (χ2n) is 7.54. The first-order valence-electron chi connectivity index (χ1n) is 8.50. The summed E-state index contributed by atoms with van der Waals surface area (Å²) >= 11 is 1.69. The van der Waals surface area contributed by atoms with Gasteiger partial charge in [0.05, 0.1) is 18.4 Å². The molecule has 6 heteroatoms. The molecule has 2 unspecified atom stereocenters. The number of likely N-dealkylation sites (tertiary alicyclic amines) is 1. The lowest BCUT2D eigenvalue weighted by Crippen LogP contribution is -2.51. The van der Waals surface area contributed by atoms with E-state index in [0.717, 1.165) is 25.9 Å². The molecule has 130 valence electrons. The molecule has 0 radical (unpaired) electrons. The maximum atomic E-state index is 12.9. The van der Waals surface area contributed by atoms with Crippen LogP contribution in [0.3, 0.4) is 0 Å². The predicted octanol–water partition coefficient (Wildman–Crippen LogP) is 3.91. The van der Waals surface area contributed by atoms with Gasteiger partial charge in [-0.1, -0.05) is 20.8 Å². The third-order valence-corrected chi connectivity index (χ3v) is 5.44. The van der Waals surface area contributed by atoms with E-state index in [4.69, 9.17) is 0 Å². The van der Waals surface area contributed by atoms with Gasteiger partial charge in [-0.15, -0.1) is 0 Å². The van der Waals surface area contributed by atoms with Gasteiger partial charge in [-0.25, -0.2) is 9.78 Å². The fourth-order valence-corrected chi connectivity index (χ4v) is 3.90. The molecule has 3 heterocycles. The van der Waals surface area contributed by atoms with Crippen molar-refractivity contribution in [3.63, 3.8) is 0 Å². The van der Waals surface area contributed by atoms with E-state index in [1.807, 2.05) is 15.7 Å². The number of urea groups is 1. The van der Waals surface area contributed by atoms with Crippen LogP contribution in [0.5, 0.6) is 0 Å². The monoisotopic (exact) mass is 346 g/mol. The summed E-state index contributed by atoms with van der Waals surface area (Å²) in [7, 11) is 0. The molecule has 1 fully saturated rings. The van der Waals surface area contributed by atoms with Crippen molar-refractivity contribution in [3.05, 3.63) is 41.1 Å². The maximum absolute atomic E-state index is 12.9. The number of imidazole rings is 1. The van der Waals surface area contributed by atoms with Crippen LogP contribution in [-0.4, -0.2) is 33.1 Å². The maximum Gasteiger partial charge on any atom is 0.318 e. The first kappa shape index (κ1) is 17.0. The van der Waals surface area contributed by atoms with Crippen LogP contribution in [0.25, 0.3) is 0 Å². The van der Waals surface area contributed by atoms with Gasteiger partial charge >= 0.3 is 6.03 Å². The number of nitrogens with zero attached hydrogens (tertiary/aromatic N) is 3. The van der Waals surface area contributed by atoms with E-state index in [1.165, 1.54) is 5.56 Å². The summed E-state index contributed by atoms with van der Waals surface area (Å²) in [5, 5.41) is 7.51. The van der Waals surface area contributed by atoms with Gasteiger partial charge in [0.1, 0.15) is 0 Å². The standard InChI is InChI=1S/C18H26N4OS/c1-18(2,3)16(11-21-9-7-19-13-21)20-17(23)22-8-4-5-15(22)14-6-10-24-12-14/h6-7,9-10,12-13,15-16H,4-5,8,11H2,1-3H3,(H,20,23). The largest absolute Gasteiger partial charge is 0.335 e. The molecule has 0 saturated carbocycles. The van der Waals surface area contributed by atoms with E-state index in [9.17, 15) is 4.79 Å². The molecule has 1 N–H and O–H groups in total. The summed E-state index contributed by atoms with van der Waals surface area (Å²) in [4.78, 5) is 19.0. The SMILES string of the molecule is CC(C)(C)C(Cn1ccnc1)NC(=O)N1CCCC1c1ccsc1. The van der Waals surface area contributed by atoms with Gasteiger partial charge in [-0.3, -0.25) is 0 Å². The summed E-state index contributed by atoms with van der Waals surface area (Å²) in [5.41, 5.74) is 1.23. The van der Waals surface area contributed by atoms with E-state index in [2.05, 4.69) is 47.9 Å². The molecule has 24 heavy (non-hydrogen) atoms. The number of aromatic nitrogens is 2. The molecule has 2 aromatic heterocycles. The molecule has 5 nitrogen and oxygen atoms in total. The zero-order chi connectivity index (χ0) is 17.2. The van der Waals surface area contributed by atoms with Crippen molar-refractivity contribution in [2.24, 2.45) is 5.41 Å². The van der Waals surface area contributed by atoms with Gasteiger partial charge in [0.25, 0.3) is 0 Å². The Kier molecular flexibility index (Phi) is 4.94. The highest BCUT2D eigenvalue weighted by molar-refractivity contribution is 7.07. The Hall–Kier alpha value is -1.82. The quantitative estimate of drug-likeness (QED) is 0.912. The van der Waals surface area contributed by atoms with Crippen molar-refractivity contribution in [2.45, 2.75) is 52.2 Å². The fourth-order valence-electron chi connectivity index (χ4n) is 3.19. The van der Waals surface area contributed by atoms with E-state index < -0.39 is 0 Å². The fraction of sp³-hybridized carbons (Fsp3) is 0.556. The van der Waals surface area contributed by atoms with E-state index in [0.29, 0.717) is 0 Å². The average molecular weight is 346 g/mol. The second-order valence-corrected chi connectivity index (χ2v) is 8.32. The van der Waals surface area contributed by atoms with Crippen molar-refractivity contribution in [1.82, 2.24) is 19.8 Å². The molecule has 1 aliphatic heterocycles. The molecule has 2 aromatic rings. The van der Waals surface area contributed by atoms with Crippen LogP contribution < -0.4 is 5.32 Å². The van der Waals surface area contributed by atoms with Gasteiger partial charge in [0.2, 0.25) is 0 Å². The second kappa shape index (κ2) is 6.97. The molecule has 0 aliphatic carbocycles. The van der Waals surface area contributed by atoms with Crippen molar-refractivity contribution >= 4 is 17.4 Å². The number of nitrogens with one attached hydrogen (secondary N) is 1. The van der Waals surface area contributed by atoms with E-state index in [1.54, 1.807) is 23.9 Å². The Morgan fingerprint density at radius 2 is 2.33 bits per heavy atom. The molecule has 3 rings (SSSR count). The first-order valence-corrected chi connectivity index (χ1v) is 9.44. The Labute approximate surface area is 147 Å². The van der Waals surface area contributed by atoms with E-state index in [-0.39, 0.29) is 23.5 Å². The lowest BCUT2D eigenvalue weighted by molar-refractivity contribution is 0.170. The zero-order valence-electron chi connectivity index (χ0n) is 14.6. The predicted molar refractivity (Wildman–Crippen MR) is 97.0 cm³/mol. The Balaban J connectivity index is 1.70. The van der Waals surface area contributed by atoms with Crippen molar-refractivity contribution in [3.8, 4) is 0 Å². The summed E-state index contributed by atoms with van der Waals surface area (Å²) in [6.45, 7) is 8.04. The molecular formula is C18H26N4OS. The Morgan fingerprint density at radius 3 is 2.96 bits per heavy atom. The molecule has 1 saturated heterocycles. The van der Waals surface area contributed by atoms with Gasteiger partial charge in [-0.2, -0.15) is 11.3 Å². The molecule has 0 spiro atoms. The zero-order valence-corrected chi connectivity index (χ0v) is 15.4. The minimum Gasteiger partial charge on any atom is -0.335 e. The van der Waals surface area contributed by atoms with Gasteiger partial charge in [-0.05, 0) is 40.6 Å². The van der Waals surface area contributed by atoms with Gasteiger partial charge in [0.15, 0.2) is 0 Å². The van der Waals surface area contributed by atoms with Gasteiger partial charge in [0, 0.05) is 25.5 Å². The molecule has 0 aromatic carbocycles. The summed E-state index contributed by atoms with van der Waals surface area (Å²) < 4.78 is 2.02. The number of thiophene rings is 1. The number of hydrogen-bond acceptors (Lipinski definition) is 3. The third kappa shape index (κ3) is 3.80. The number of carbonyl (C=O) groups excluding carboxylic acids is 1. The average Bonchev–Trinajstić information content (AvgIpc) is 3.26.